The van der Waals surface area contributed by atoms with Gasteiger partial charge in [0.15, 0.2) is 0 Å². The van der Waals surface area contributed by atoms with E-state index in [0.29, 0.717) is 46.9 Å². The summed E-state index contributed by atoms with van der Waals surface area (Å²) in [6.45, 7) is 3.12. The molecular weight excluding hydrogens is 332 g/mol. The average molecular weight is 350 g/mol. The molecule has 0 bridgehead atoms. The van der Waals surface area contributed by atoms with Crippen LogP contribution in [0.2, 0.25) is 0 Å². The van der Waals surface area contributed by atoms with Crippen LogP contribution in [0.4, 0.5) is 0 Å². The van der Waals surface area contributed by atoms with Crippen LogP contribution in [0.15, 0.2) is 30.3 Å². The number of benzene rings is 1. The summed E-state index contributed by atoms with van der Waals surface area (Å²) in [7, 11) is 1.50. The molecule has 132 valence electrons. The van der Waals surface area contributed by atoms with Gasteiger partial charge < -0.3 is 15.0 Å². The van der Waals surface area contributed by atoms with Crippen molar-refractivity contribution in [2.24, 2.45) is 0 Å². The predicted octanol–water partition coefficient (Wildman–Crippen LogP) is 1.87. The summed E-state index contributed by atoms with van der Waals surface area (Å²) in [6, 6.07) is 10.3. The molecule has 2 aromatic rings. The van der Waals surface area contributed by atoms with Gasteiger partial charge in [-0.05, 0) is 25.1 Å². The molecule has 0 aliphatic carbocycles. The van der Waals surface area contributed by atoms with Gasteiger partial charge in [0.2, 0.25) is 5.88 Å². The second-order valence-electron chi connectivity index (χ2n) is 5.81. The highest BCUT2D eigenvalue weighted by Crippen LogP contribution is 2.27. The van der Waals surface area contributed by atoms with Crippen molar-refractivity contribution >= 4 is 11.8 Å². The van der Waals surface area contributed by atoms with Crippen molar-refractivity contribution in [1.82, 2.24) is 15.2 Å². The lowest BCUT2D eigenvalue weighted by Crippen LogP contribution is -2.24. The van der Waals surface area contributed by atoms with Crippen LogP contribution in [-0.4, -0.2) is 35.4 Å². The van der Waals surface area contributed by atoms with E-state index in [-0.39, 0.29) is 18.4 Å². The fourth-order valence-electron chi connectivity index (χ4n) is 2.91. The highest BCUT2D eigenvalue weighted by atomic mass is 16.5. The molecule has 0 radical (unpaired) electrons. The molecule has 0 saturated carbocycles. The first-order valence-electron chi connectivity index (χ1n) is 8.22. The summed E-state index contributed by atoms with van der Waals surface area (Å²) in [5.41, 5.74) is 2.43. The number of rotatable bonds is 5. The number of methoxy groups -OCH3 is 1. The summed E-state index contributed by atoms with van der Waals surface area (Å²) in [6.07, 6.45) is 0. The van der Waals surface area contributed by atoms with Crippen LogP contribution in [-0.2, 0) is 13.1 Å². The Kier molecular flexibility index (Phi) is 4.85. The molecule has 0 atom stereocenters. The third-order valence-corrected chi connectivity index (χ3v) is 4.31. The lowest BCUT2D eigenvalue weighted by atomic mass is 10.1. The number of hydrogen-bond acceptors (Lipinski definition) is 5. The lowest BCUT2D eigenvalue weighted by molar-refractivity contribution is 0.0786. The van der Waals surface area contributed by atoms with Crippen molar-refractivity contribution in [2.45, 2.75) is 20.0 Å². The minimum Gasteiger partial charge on any atom is -0.481 e. The number of nitriles is 1. The number of pyridine rings is 1. The molecule has 1 aromatic carbocycles. The van der Waals surface area contributed by atoms with Crippen molar-refractivity contribution in [2.75, 3.05) is 13.7 Å². The molecule has 7 nitrogen and oxygen atoms in total. The Morgan fingerprint density at radius 3 is 2.88 bits per heavy atom. The zero-order valence-electron chi connectivity index (χ0n) is 14.6. The number of aromatic nitrogens is 1. The molecule has 1 N–H and O–H groups in total. The van der Waals surface area contributed by atoms with Crippen molar-refractivity contribution < 1.29 is 14.3 Å². The third kappa shape index (κ3) is 3.09. The molecule has 0 fully saturated rings. The summed E-state index contributed by atoms with van der Waals surface area (Å²) < 4.78 is 5.31. The SMILES string of the molecule is CCN1Cc2nc(OC)c(CNC(=O)c3ccccc3C#N)cc2C1=O. The first kappa shape index (κ1) is 17.4. The van der Waals surface area contributed by atoms with Gasteiger partial charge in [-0.3, -0.25) is 9.59 Å². The van der Waals surface area contributed by atoms with Gasteiger partial charge in [-0.25, -0.2) is 4.98 Å². The maximum absolute atomic E-state index is 12.4. The van der Waals surface area contributed by atoms with Crippen LogP contribution in [0.3, 0.4) is 0 Å². The van der Waals surface area contributed by atoms with Gasteiger partial charge in [-0.1, -0.05) is 12.1 Å². The summed E-state index contributed by atoms with van der Waals surface area (Å²) >= 11 is 0. The van der Waals surface area contributed by atoms with Gasteiger partial charge >= 0.3 is 0 Å². The van der Waals surface area contributed by atoms with E-state index in [9.17, 15) is 9.59 Å². The molecule has 2 heterocycles. The van der Waals surface area contributed by atoms with Crippen LogP contribution >= 0.6 is 0 Å². The maximum atomic E-state index is 12.4. The first-order valence-corrected chi connectivity index (χ1v) is 8.22. The van der Waals surface area contributed by atoms with Gasteiger partial charge in [-0.15, -0.1) is 0 Å². The summed E-state index contributed by atoms with van der Waals surface area (Å²) in [4.78, 5) is 30.9. The number of nitrogens with zero attached hydrogens (tertiary/aromatic N) is 3. The maximum Gasteiger partial charge on any atom is 0.256 e. The van der Waals surface area contributed by atoms with E-state index >= 15 is 0 Å². The third-order valence-electron chi connectivity index (χ3n) is 4.31. The summed E-state index contributed by atoms with van der Waals surface area (Å²) in [5, 5.41) is 11.9. The first-order chi connectivity index (χ1) is 12.6. The van der Waals surface area contributed by atoms with Gasteiger partial charge in [0.05, 0.1) is 42.1 Å². The Morgan fingerprint density at radius 1 is 1.42 bits per heavy atom. The number of carbonyl (C=O) groups is 2. The number of fused-ring (bicyclic) bond motifs is 1. The molecule has 0 saturated heterocycles. The van der Waals surface area contributed by atoms with Gasteiger partial charge in [-0.2, -0.15) is 5.26 Å². The molecule has 1 aliphatic rings. The Balaban J connectivity index is 1.83. The molecule has 26 heavy (non-hydrogen) atoms. The van der Waals surface area contributed by atoms with E-state index in [4.69, 9.17) is 10.00 Å². The largest absolute Gasteiger partial charge is 0.481 e. The van der Waals surface area contributed by atoms with Crippen molar-refractivity contribution in [1.29, 1.82) is 5.26 Å². The highest BCUT2D eigenvalue weighted by Gasteiger charge is 2.29. The van der Waals surface area contributed by atoms with Crippen LogP contribution in [0.25, 0.3) is 0 Å². The fourth-order valence-corrected chi connectivity index (χ4v) is 2.91. The second kappa shape index (κ2) is 7.23. The Morgan fingerprint density at radius 2 is 2.19 bits per heavy atom. The summed E-state index contributed by atoms with van der Waals surface area (Å²) in [5.74, 6) is -0.0605. The van der Waals surface area contributed by atoms with E-state index in [2.05, 4.69) is 10.3 Å². The topological polar surface area (TPSA) is 95.3 Å². The smallest absolute Gasteiger partial charge is 0.256 e. The standard InChI is InChI=1S/C19H18N4O3/c1-3-23-11-16-15(19(23)25)8-13(18(22-16)26-2)10-21-17(24)14-7-5-4-6-12(14)9-20/h4-8H,3,10-11H2,1-2H3,(H,21,24). The van der Waals surface area contributed by atoms with Crippen LogP contribution in [0.1, 0.15) is 44.5 Å². The van der Waals surface area contributed by atoms with Crippen molar-refractivity contribution in [3.63, 3.8) is 0 Å². The van der Waals surface area contributed by atoms with Crippen molar-refractivity contribution in [3.05, 3.63) is 58.3 Å². The monoisotopic (exact) mass is 350 g/mol. The van der Waals surface area contributed by atoms with E-state index in [1.165, 1.54) is 7.11 Å². The normalized spacial score (nSPS) is 12.5. The van der Waals surface area contributed by atoms with Crippen LogP contribution in [0.5, 0.6) is 5.88 Å². The van der Waals surface area contributed by atoms with E-state index in [0.717, 1.165) is 0 Å². The molecule has 3 rings (SSSR count). The number of hydrogen-bond donors (Lipinski definition) is 1. The average Bonchev–Trinajstić information content (AvgIpc) is 3.00. The Bertz CT molecular complexity index is 917. The number of amides is 2. The van der Waals surface area contributed by atoms with Gasteiger partial charge in [0, 0.05) is 18.7 Å². The molecule has 0 spiro atoms. The lowest BCUT2D eigenvalue weighted by Gasteiger charge is -2.11. The van der Waals surface area contributed by atoms with E-state index in [1.54, 1.807) is 35.2 Å². The van der Waals surface area contributed by atoms with E-state index < -0.39 is 0 Å². The van der Waals surface area contributed by atoms with E-state index in [1.807, 2.05) is 13.0 Å². The molecule has 1 aliphatic heterocycles. The quantitative estimate of drug-likeness (QED) is 0.888. The fraction of sp³-hybridized carbons (Fsp3) is 0.263. The molecule has 2 amide bonds. The van der Waals surface area contributed by atoms with Crippen LogP contribution < -0.4 is 10.1 Å². The zero-order chi connectivity index (χ0) is 18.7. The molecule has 7 heteroatoms. The molecule has 0 unspecified atom stereocenters. The van der Waals surface area contributed by atoms with Crippen molar-refractivity contribution in [3.8, 4) is 11.9 Å². The highest BCUT2D eigenvalue weighted by molar-refractivity contribution is 5.98. The molecular formula is C19H18N4O3. The van der Waals surface area contributed by atoms with Gasteiger partial charge in [0.1, 0.15) is 0 Å². The molecule has 1 aromatic heterocycles. The zero-order valence-corrected chi connectivity index (χ0v) is 14.6. The number of ether oxygens (including phenoxy) is 1. The predicted molar refractivity (Wildman–Crippen MR) is 93.5 cm³/mol. The second-order valence-corrected chi connectivity index (χ2v) is 5.81. The Hall–Kier alpha value is -3.40. The Labute approximate surface area is 151 Å². The van der Waals surface area contributed by atoms with Gasteiger partial charge in [0.25, 0.3) is 11.8 Å². The minimum absolute atomic E-state index is 0.0694. The minimum atomic E-state index is -0.369. The number of carbonyl (C=O) groups excluding carboxylic acids is 2. The number of nitrogens with one attached hydrogen (secondary N) is 1. The van der Waals surface area contributed by atoms with Crippen LogP contribution in [0, 0.1) is 11.3 Å².